The molecular formula is C10H13ClOS. The summed E-state index contributed by atoms with van der Waals surface area (Å²) in [4.78, 5) is 0. The van der Waals surface area contributed by atoms with Gasteiger partial charge in [-0.3, -0.25) is 0 Å². The molecule has 0 spiro atoms. The van der Waals surface area contributed by atoms with Crippen LogP contribution in [0.2, 0.25) is 5.02 Å². The Bertz CT molecular complexity index is 276. The van der Waals surface area contributed by atoms with E-state index in [1.54, 1.807) is 7.11 Å². The highest BCUT2D eigenvalue weighted by molar-refractivity contribution is 7.80. The Kier molecular flexibility index (Phi) is 4.46. The fourth-order valence-electron chi connectivity index (χ4n) is 1.14. The number of methoxy groups -OCH3 is 1. The van der Waals surface area contributed by atoms with Crippen molar-refractivity contribution in [1.82, 2.24) is 0 Å². The molecule has 0 saturated heterocycles. The van der Waals surface area contributed by atoms with E-state index in [0.717, 1.165) is 24.3 Å². The molecule has 3 heteroatoms. The minimum atomic E-state index is 0.664. The standard InChI is InChI=1S/C10H13ClOS/c1-12-10-7-8(3-2-6-13)4-5-9(10)11/h4-5,7,13H,2-3,6H2,1H3. The maximum Gasteiger partial charge on any atom is 0.137 e. The van der Waals surface area contributed by atoms with E-state index in [-0.39, 0.29) is 0 Å². The summed E-state index contributed by atoms with van der Waals surface area (Å²) >= 11 is 10.1. The van der Waals surface area contributed by atoms with Crippen molar-refractivity contribution in [3.8, 4) is 5.75 Å². The van der Waals surface area contributed by atoms with Crippen LogP contribution in [0.1, 0.15) is 12.0 Å². The summed E-state index contributed by atoms with van der Waals surface area (Å²) < 4.78 is 5.11. The van der Waals surface area contributed by atoms with E-state index in [4.69, 9.17) is 16.3 Å². The van der Waals surface area contributed by atoms with Gasteiger partial charge in [0.25, 0.3) is 0 Å². The maximum absolute atomic E-state index is 5.89. The number of ether oxygens (including phenoxy) is 1. The predicted octanol–water partition coefficient (Wildman–Crippen LogP) is 3.21. The number of aryl methyl sites for hydroxylation is 1. The predicted molar refractivity (Wildman–Crippen MR) is 60.2 cm³/mol. The van der Waals surface area contributed by atoms with Gasteiger partial charge in [-0.1, -0.05) is 17.7 Å². The number of rotatable bonds is 4. The molecule has 0 aromatic heterocycles. The quantitative estimate of drug-likeness (QED) is 0.761. The van der Waals surface area contributed by atoms with Gasteiger partial charge in [-0.15, -0.1) is 0 Å². The van der Waals surface area contributed by atoms with Crippen molar-refractivity contribution in [2.75, 3.05) is 12.9 Å². The number of halogens is 1. The molecule has 0 aliphatic heterocycles. The third-order valence-electron chi connectivity index (χ3n) is 1.84. The van der Waals surface area contributed by atoms with Crippen molar-refractivity contribution in [2.24, 2.45) is 0 Å². The van der Waals surface area contributed by atoms with Gasteiger partial charge >= 0.3 is 0 Å². The molecule has 0 N–H and O–H groups in total. The molecule has 1 rings (SSSR count). The molecular weight excluding hydrogens is 204 g/mol. The van der Waals surface area contributed by atoms with E-state index in [0.29, 0.717) is 5.02 Å². The second kappa shape index (κ2) is 5.40. The first-order valence-electron chi connectivity index (χ1n) is 4.21. The third-order valence-corrected chi connectivity index (χ3v) is 2.47. The zero-order valence-electron chi connectivity index (χ0n) is 7.59. The van der Waals surface area contributed by atoms with Crippen LogP contribution in [0.3, 0.4) is 0 Å². The van der Waals surface area contributed by atoms with Crippen LogP contribution in [0, 0.1) is 0 Å². The second-order valence-corrected chi connectivity index (χ2v) is 3.65. The molecule has 0 saturated carbocycles. The third kappa shape index (κ3) is 3.12. The van der Waals surface area contributed by atoms with Gasteiger partial charge in [0.15, 0.2) is 0 Å². The maximum atomic E-state index is 5.89. The van der Waals surface area contributed by atoms with Crippen molar-refractivity contribution in [3.05, 3.63) is 28.8 Å². The van der Waals surface area contributed by atoms with Crippen LogP contribution in [0.15, 0.2) is 18.2 Å². The number of hydrogen-bond donors (Lipinski definition) is 1. The van der Waals surface area contributed by atoms with Crippen LogP contribution in [-0.2, 0) is 6.42 Å². The molecule has 1 aromatic rings. The van der Waals surface area contributed by atoms with E-state index in [9.17, 15) is 0 Å². The fourth-order valence-corrected chi connectivity index (χ4v) is 1.50. The summed E-state index contributed by atoms with van der Waals surface area (Å²) in [6.07, 6.45) is 2.10. The van der Waals surface area contributed by atoms with Gasteiger partial charge in [0, 0.05) is 0 Å². The first kappa shape index (κ1) is 10.7. The summed E-state index contributed by atoms with van der Waals surface area (Å²) in [6, 6.07) is 5.87. The Hall–Kier alpha value is -0.340. The van der Waals surface area contributed by atoms with E-state index in [1.807, 2.05) is 18.2 Å². The Morgan fingerprint density at radius 3 is 2.85 bits per heavy atom. The van der Waals surface area contributed by atoms with Crippen molar-refractivity contribution in [3.63, 3.8) is 0 Å². The van der Waals surface area contributed by atoms with Gasteiger partial charge in [-0.2, -0.15) is 12.6 Å². The molecule has 0 aliphatic carbocycles. The monoisotopic (exact) mass is 216 g/mol. The number of thiol groups is 1. The summed E-state index contributed by atoms with van der Waals surface area (Å²) in [5.41, 5.74) is 1.25. The molecule has 0 fully saturated rings. The van der Waals surface area contributed by atoms with Crippen molar-refractivity contribution in [2.45, 2.75) is 12.8 Å². The summed E-state index contributed by atoms with van der Waals surface area (Å²) in [5, 5.41) is 0.664. The van der Waals surface area contributed by atoms with Crippen LogP contribution < -0.4 is 4.74 Å². The Labute approximate surface area is 89.5 Å². The SMILES string of the molecule is COc1cc(CCCS)ccc1Cl. The summed E-state index contributed by atoms with van der Waals surface area (Å²) in [5.74, 6) is 1.66. The highest BCUT2D eigenvalue weighted by atomic mass is 35.5. The molecule has 0 unspecified atom stereocenters. The molecule has 1 aromatic carbocycles. The van der Waals surface area contributed by atoms with Gasteiger partial charge in [-0.05, 0) is 36.3 Å². The number of hydrogen-bond acceptors (Lipinski definition) is 2. The minimum Gasteiger partial charge on any atom is -0.495 e. The highest BCUT2D eigenvalue weighted by Crippen LogP contribution is 2.25. The van der Waals surface area contributed by atoms with Crippen molar-refractivity contribution >= 4 is 24.2 Å². The molecule has 0 bridgehead atoms. The Morgan fingerprint density at radius 1 is 1.46 bits per heavy atom. The van der Waals surface area contributed by atoms with E-state index in [1.165, 1.54) is 5.56 Å². The van der Waals surface area contributed by atoms with Gasteiger partial charge in [0.2, 0.25) is 0 Å². The summed E-state index contributed by atoms with van der Waals surface area (Å²) in [6.45, 7) is 0. The second-order valence-electron chi connectivity index (χ2n) is 2.80. The van der Waals surface area contributed by atoms with Crippen LogP contribution in [-0.4, -0.2) is 12.9 Å². The molecule has 1 nitrogen and oxygen atoms in total. The van der Waals surface area contributed by atoms with Gasteiger partial charge in [0.1, 0.15) is 5.75 Å². The lowest BCUT2D eigenvalue weighted by molar-refractivity contribution is 0.414. The average molecular weight is 217 g/mol. The molecule has 0 heterocycles. The topological polar surface area (TPSA) is 9.23 Å². The smallest absolute Gasteiger partial charge is 0.137 e. The van der Waals surface area contributed by atoms with E-state index >= 15 is 0 Å². The average Bonchev–Trinajstić information content (AvgIpc) is 2.16. The minimum absolute atomic E-state index is 0.664. The van der Waals surface area contributed by atoms with Crippen LogP contribution >= 0.6 is 24.2 Å². The zero-order chi connectivity index (χ0) is 9.68. The highest BCUT2D eigenvalue weighted by Gasteiger charge is 2.00. The van der Waals surface area contributed by atoms with Crippen LogP contribution in [0.4, 0.5) is 0 Å². The Morgan fingerprint density at radius 2 is 2.23 bits per heavy atom. The van der Waals surface area contributed by atoms with E-state index < -0.39 is 0 Å². The first-order chi connectivity index (χ1) is 6.27. The lowest BCUT2D eigenvalue weighted by atomic mass is 10.1. The van der Waals surface area contributed by atoms with Gasteiger partial charge < -0.3 is 4.74 Å². The molecule has 0 atom stereocenters. The lowest BCUT2D eigenvalue weighted by Crippen LogP contribution is -1.89. The van der Waals surface area contributed by atoms with Crippen molar-refractivity contribution < 1.29 is 4.74 Å². The van der Waals surface area contributed by atoms with Crippen LogP contribution in [0.25, 0.3) is 0 Å². The largest absolute Gasteiger partial charge is 0.495 e. The zero-order valence-corrected chi connectivity index (χ0v) is 9.24. The van der Waals surface area contributed by atoms with Crippen molar-refractivity contribution in [1.29, 1.82) is 0 Å². The molecule has 0 radical (unpaired) electrons. The molecule has 72 valence electrons. The molecule has 13 heavy (non-hydrogen) atoms. The first-order valence-corrected chi connectivity index (χ1v) is 5.22. The van der Waals surface area contributed by atoms with Crippen LogP contribution in [0.5, 0.6) is 5.75 Å². The Balaban J connectivity index is 2.74. The summed E-state index contributed by atoms with van der Waals surface area (Å²) in [7, 11) is 1.63. The fraction of sp³-hybridized carbons (Fsp3) is 0.400. The molecule has 0 amide bonds. The normalized spacial score (nSPS) is 10.1. The lowest BCUT2D eigenvalue weighted by Gasteiger charge is -2.05. The van der Waals surface area contributed by atoms with E-state index in [2.05, 4.69) is 12.6 Å². The van der Waals surface area contributed by atoms with Gasteiger partial charge in [0.05, 0.1) is 12.1 Å². The molecule has 0 aliphatic rings. The number of benzene rings is 1. The van der Waals surface area contributed by atoms with Gasteiger partial charge in [-0.25, -0.2) is 0 Å².